The van der Waals surface area contributed by atoms with E-state index in [2.05, 4.69) is 0 Å². The Morgan fingerprint density at radius 1 is 0.833 bits per heavy atom. The number of hydrogen-bond acceptors (Lipinski definition) is 5. The van der Waals surface area contributed by atoms with E-state index in [1.54, 1.807) is 0 Å². The van der Waals surface area contributed by atoms with Gasteiger partial charge in [0.2, 0.25) is 16.2 Å². The fraction of sp³-hybridized carbons (Fsp3) is 0.889. The highest BCUT2D eigenvalue weighted by molar-refractivity contribution is 7.92. The molecule has 0 aromatic carbocycles. The zero-order valence-corrected chi connectivity index (χ0v) is 13.6. The molecule has 0 unspecified atom stereocenters. The molecule has 0 aromatic rings. The van der Waals surface area contributed by atoms with Gasteiger partial charge in [0.05, 0.1) is 0 Å². The minimum Gasteiger partial charge on any atom is -0.343 e. The lowest BCUT2D eigenvalue weighted by molar-refractivity contribution is -0.244. The third-order valence-electron chi connectivity index (χ3n) is 3.28. The molecule has 1 aliphatic rings. The Morgan fingerprint density at radius 2 is 1.25 bits per heavy atom. The van der Waals surface area contributed by atoms with E-state index in [-0.39, 0.29) is 10.7 Å². The smallest absolute Gasteiger partial charge is 0.343 e. The molecule has 1 aliphatic heterocycles. The van der Waals surface area contributed by atoms with E-state index >= 15 is 0 Å². The highest BCUT2D eigenvalue weighted by Gasteiger charge is 2.81. The molecule has 0 aliphatic carbocycles. The molecule has 1 saturated heterocycles. The molecule has 0 aromatic heterocycles. The van der Waals surface area contributed by atoms with E-state index in [1.165, 1.54) is 0 Å². The summed E-state index contributed by atoms with van der Waals surface area (Å²) in [6.07, 6.45) is -0.166. The third-order valence-corrected chi connectivity index (χ3v) is 6.42. The molecule has 0 saturated carbocycles. The van der Waals surface area contributed by atoms with Gasteiger partial charge in [0.25, 0.3) is 10.0 Å². The molecule has 0 spiro atoms. The van der Waals surface area contributed by atoms with Crippen LogP contribution in [0.1, 0.15) is 0 Å². The van der Waals surface area contributed by atoms with Gasteiger partial charge in [0.15, 0.2) is 0 Å². The summed E-state index contributed by atoms with van der Waals surface area (Å²) < 4.78 is 126. The summed E-state index contributed by atoms with van der Waals surface area (Å²) in [6, 6.07) is 0. The van der Waals surface area contributed by atoms with Crippen LogP contribution in [0.2, 0.25) is 0 Å². The summed E-state index contributed by atoms with van der Waals surface area (Å²) in [6.45, 7) is -2.52. The number of carbonyl (C=O) groups excluding carboxylic acids is 1. The van der Waals surface area contributed by atoms with Gasteiger partial charge in [-0.3, -0.25) is 4.79 Å². The van der Waals surface area contributed by atoms with E-state index in [1.807, 2.05) is 0 Å². The Kier molecular flexibility index (Phi) is 5.25. The maximum absolute atomic E-state index is 13.8. The molecule has 0 N–H and O–H groups in total. The van der Waals surface area contributed by atoms with Crippen molar-refractivity contribution < 1.29 is 48.0 Å². The summed E-state index contributed by atoms with van der Waals surface area (Å²) in [5, 5.41) is -12.7. The number of sulfonamides is 1. The number of sulfone groups is 1. The van der Waals surface area contributed by atoms with Gasteiger partial charge in [-0.2, -0.15) is 30.6 Å². The van der Waals surface area contributed by atoms with E-state index in [0.717, 1.165) is 4.90 Å². The lowest BCUT2D eigenvalue weighted by atomic mass is 10.3. The van der Waals surface area contributed by atoms with Crippen LogP contribution in [0.3, 0.4) is 0 Å². The number of nitrogens with zero attached hydrogens (tertiary/aromatic N) is 2. The van der Waals surface area contributed by atoms with Gasteiger partial charge in [-0.25, -0.2) is 16.8 Å². The first-order valence-corrected chi connectivity index (χ1v) is 9.39. The van der Waals surface area contributed by atoms with Crippen LogP contribution in [0, 0.1) is 0 Å². The maximum Gasteiger partial charge on any atom is 0.428 e. The molecule has 0 bridgehead atoms. The van der Waals surface area contributed by atoms with E-state index < -0.39 is 68.7 Å². The molecule has 15 heteroatoms. The first-order chi connectivity index (χ1) is 10.5. The first-order valence-electron chi connectivity index (χ1n) is 6.06. The molecular weight excluding hydrogens is 394 g/mol. The zero-order valence-electron chi connectivity index (χ0n) is 11.9. The van der Waals surface area contributed by atoms with Gasteiger partial charge in [-0.05, 0) is 0 Å². The Bertz CT molecular complexity index is 700. The first kappa shape index (κ1) is 21.0. The second-order valence-corrected chi connectivity index (χ2v) is 8.96. The minimum absolute atomic E-state index is 0.195. The number of hydrogen-bond donors (Lipinski definition) is 0. The number of halogens is 6. The summed E-state index contributed by atoms with van der Waals surface area (Å²) >= 11 is 0. The molecule has 1 rings (SSSR count). The molecule has 7 nitrogen and oxygen atoms in total. The number of piperazine rings is 1. The molecule has 0 radical (unpaired) electrons. The lowest BCUT2D eigenvalue weighted by Gasteiger charge is -2.37. The van der Waals surface area contributed by atoms with Crippen molar-refractivity contribution >= 4 is 26.3 Å². The van der Waals surface area contributed by atoms with Crippen LogP contribution >= 0.6 is 0 Å². The topological polar surface area (TPSA) is 91.8 Å². The van der Waals surface area contributed by atoms with Crippen molar-refractivity contribution in [1.29, 1.82) is 0 Å². The van der Waals surface area contributed by atoms with Crippen LogP contribution in [-0.2, 0) is 24.7 Å². The van der Waals surface area contributed by atoms with E-state index in [9.17, 15) is 48.0 Å². The monoisotopic (exact) mass is 406 g/mol. The Hall–Kier alpha value is -1.09. The Labute approximate surface area is 133 Å². The number of rotatable bonds is 6. The van der Waals surface area contributed by atoms with Gasteiger partial charge in [0.1, 0.15) is 0 Å². The van der Waals surface area contributed by atoms with Crippen LogP contribution in [0.4, 0.5) is 26.3 Å². The van der Waals surface area contributed by atoms with Crippen molar-refractivity contribution in [3.8, 4) is 0 Å². The quantitative estimate of drug-likeness (QED) is 0.456. The third kappa shape index (κ3) is 2.96. The standard InChI is InChI=1S/C9H12F6N2O5S2/c1-23(19,20)8(12,13)7(10,11)9(14,15)24(21,22)17-4-2-16(6-18)3-5-17/h6H,2-5H2,1H3. The predicted octanol–water partition coefficient (Wildman–Crippen LogP) is -0.0443. The highest BCUT2D eigenvalue weighted by Crippen LogP contribution is 2.51. The highest BCUT2D eigenvalue weighted by atomic mass is 32.2. The summed E-state index contributed by atoms with van der Waals surface area (Å²) in [4.78, 5) is 11.4. The van der Waals surface area contributed by atoms with Gasteiger partial charge in [-0.15, -0.1) is 0 Å². The maximum atomic E-state index is 13.8. The fourth-order valence-electron chi connectivity index (χ4n) is 1.78. The van der Waals surface area contributed by atoms with E-state index in [0.29, 0.717) is 0 Å². The molecule has 1 heterocycles. The van der Waals surface area contributed by atoms with Gasteiger partial charge in [-0.1, -0.05) is 0 Å². The largest absolute Gasteiger partial charge is 0.428 e. The van der Waals surface area contributed by atoms with Gasteiger partial charge >= 0.3 is 16.4 Å². The van der Waals surface area contributed by atoms with Crippen molar-refractivity contribution in [3.63, 3.8) is 0 Å². The Balaban J connectivity index is 3.29. The van der Waals surface area contributed by atoms with Crippen molar-refractivity contribution in [2.75, 3.05) is 32.4 Å². The van der Waals surface area contributed by atoms with Crippen LogP contribution in [0.25, 0.3) is 0 Å². The molecule has 24 heavy (non-hydrogen) atoms. The van der Waals surface area contributed by atoms with Gasteiger partial charge in [0, 0.05) is 32.4 Å². The number of alkyl halides is 6. The molecule has 1 fully saturated rings. The second kappa shape index (κ2) is 6.01. The normalized spacial score (nSPS) is 19.4. The van der Waals surface area contributed by atoms with Crippen LogP contribution in [0.15, 0.2) is 0 Å². The van der Waals surface area contributed by atoms with E-state index in [4.69, 9.17) is 0 Å². The average molecular weight is 406 g/mol. The number of carbonyl (C=O) groups is 1. The molecule has 0 atom stereocenters. The fourth-order valence-corrected chi connectivity index (χ4v) is 3.85. The predicted molar refractivity (Wildman–Crippen MR) is 67.8 cm³/mol. The minimum atomic E-state index is -6.71. The Morgan fingerprint density at radius 3 is 1.58 bits per heavy atom. The number of amides is 1. The van der Waals surface area contributed by atoms with Crippen LogP contribution in [-0.4, -0.2) is 81.3 Å². The molecule has 1 amide bonds. The van der Waals surface area contributed by atoms with Crippen molar-refractivity contribution in [3.05, 3.63) is 0 Å². The van der Waals surface area contributed by atoms with Gasteiger partial charge < -0.3 is 4.90 Å². The zero-order chi connectivity index (χ0) is 19.2. The lowest BCUT2D eigenvalue weighted by Crippen LogP contribution is -2.64. The second-order valence-electron chi connectivity index (χ2n) is 4.93. The van der Waals surface area contributed by atoms with Crippen molar-refractivity contribution in [2.45, 2.75) is 16.4 Å². The van der Waals surface area contributed by atoms with Crippen LogP contribution < -0.4 is 0 Å². The summed E-state index contributed by atoms with van der Waals surface area (Å²) in [5.41, 5.74) is 0. The van der Waals surface area contributed by atoms with Crippen molar-refractivity contribution in [1.82, 2.24) is 9.21 Å². The summed E-state index contributed by atoms with van der Waals surface area (Å²) in [5.74, 6) is -6.71. The average Bonchev–Trinajstić information content (AvgIpc) is 2.45. The van der Waals surface area contributed by atoms with Crippen LogP contribution in [0.5, 0.6) is 0 Å². The summed E-state index contributed by atoms with van der Waals surface area (Å²) in [7, 11) is -12.4. The van der Waals surface area contributed by atoms with Crippen molar-refractivity contribution in [2.24, 2.45) is 0 Å². The SMILES string of the molecule is CS(=O)(=O)C(F)(F)C(F)(F)C(F)(F)S(=O)(=O)N1CCN(C=O)CC1. The molecular formula is C9H12F6N2O5S2. The molecule has 142 valence electrons.